The Morgan fingerprint density at radius 1 is 1.40 bits per heavy atom. The second-order valence-electron chi connectivity index (χ2n) is 5.34. The Kier molecular flexibility index (Phi) is 7.02. The van der Waals surface area contributed by atoms with Gasteiger partial charge in [-0.3, -0.25) is 0 Å². The maximum Gasteiger partial charge on any atom is 0.0576 e. The van der Waals surface area contributed by atoms with Crippen LogP contribution in [0.15, 0.2) is 27.1 Å². The smallest absolute Gasteiger partial charge is 0.0576 e. The van der Waals surface area contributed by atoms with E-state index in [2.05, 4.69) is 62.3 Å². The molecular formula is C16H23Br2NO. The van der Waals surface area contributed by atoms with Crippen LogP contribution in [0.25, 0.3) is 0 Å². The first kappa shape index (κ1) is 16.5. The van der Waals surface area contributed by atoms with Crippen molar-refractivity contribution >= 4 is 31.9 Å². The molecule has 1 saturated heterocycles. The van der Waals surface area contributed by atoms with E-state index in [-0.39, 0.29) is 0 Å². The standard InChI is InChI=1S/C16H23Br2NO/c1-2-19-16(7-3-5-13-6-4-10-20-13)14-9-8-12(17)11-15(14)18/h8-9,11,13,16,19H,2-7,10H2,1H3. The third-order valence-corrected chi connectivity index (χ3v) is 5.01. The fourth-order valence-electron chi connectivity index (χ4n) is 2.82. The molecule has 1 heterocycles. The number of nitrogens with one attached hydrogen (secondary N) is 1. The molecular weight excluding hydrogens is 382 g/mol. The number of benzene rings is 1. The molecule has 0 saturated carbocycles. The van der Waals surface area contributed by atoms with Gasteiger partial charge in [-0.05, 0) is 56.3 Å². The topological polar surface area (TPSA) is 21.3 Å². The minimum atomic E-state index is 0.420. The Bertz CT molecular complexity index is 419. The Hall–Kier alpha value is 0.1000. The molecule has 0 radical (unpaired) electrons. The van der Waals surface area contributed by atoms with Gasteiger partial charge < -0.3 is 10.1 Å². The Morgan fingerprint density at radius 3 is 2.90 bits per heavy atom. The molecule has 20 heavy (non-hydrogen) atoms. The van der Waals surface area contributed by atoms with Gasteiger partial charge >= 0.3 is 0 Å². The molecule has 2 unspecified atom stereocenters. The summed E-state index contributed by atoms with van der Waals surface area (Å²) < 4.78 is 7.99. The molecule has 0 spiro atoms. The summed E-state index contributed by atoms with van der Waals surface area (Å²) >= 11 is 7.20. The summed E-state index contributed by atoms with van der Waals surface area (Å²) in [7, 11) is 0. The van der Waals surface area contributed by atoms with Crippen LogP contribution in [0.3, 0.4) is 0 Å². The highest BCUT2D eigenvalue weighted by Crippen LogP contribution is 2.30. The Labute approximate surface area is 138 Å². The van der Waals surface area contributed by atoms with Crippen molar-refractivity contribution < 1.29 is 4.74 Å². The second-order valence-corrected chi connectivity index (χ2v) is 7.11. The van der Waals surface area contributed by atoms with Crippen LogP contribution in [0.2, 0.25) is 0 Å². The number of halogens is 2. The van der Waals surface area contributed by atoms with Gasteiger partial charge in [-0.25, -0.2) is 0 Å². The highest BCUT2D eigenvalue weighted by atomic mass is 79.9. The van der Waals surface area contributed by atoms with E-state index in [0.717, 1.165) is 24.0 Å². The molecule has 2 nitrogen and oxygen atoms in total. The first-order chi connectivity index (χ1) is 9.70. The van der Waals surface area contributed by atoms with E-state index >= 15 is 0 Å². The van der Waals surface area contributed by atoms with Gasteiger partial charge in [0.15, 0.2) is 0 Å². The molecule has 0 amide bonds. The van der Waals surface area contributed by atoms with E-state index in [1.165, 1.54) is 35.7 Å². The number of hydrogen-bond acceptors (Lipinski definition) is 2. The number of ether oxygens (including phenoxy) is 1. The highest BCUT2D eigenvalue weighted by Gasteiger charge is 2.17. The summed E-state index contributed by atoms with van der Waals surface area (Å²) in [6.45, 7) is 4.12. The third-order valence-electron chi connectivity index (χ3n) is 3.83. The molecule has 1 fully saturated rings. The Morgan fingerprint density at radius 2 is 2.25 bits per heavy atom. The zero-order valence-corrected chi connectivity index (χ0v) is 15.2. The van der Waals surface area contributed by atoms with Gasteiger partial charge in [-0.15, -0.1) is 0 Å². The fraction of sp³-hybridized carbons (Fsp3) is 0.625. The summed E-state index contributed by atoms with van der Waals surface area (Å²) in [6, 6.07) is 6.86. The van der Waals surface area contributed by atoms with Crippen LogP contribution in [-0.2, 0) is 4.74 Å². The van der Waals surface area contributed by atoms with E-state index in [4.69, 9.17) is 4.74 Å². The van der Waals surface area contributed by atoms with Gasteiger partial charge in [-0.2, -0.15) is 0 Å². The van der Waals surface area contributed by atoms with Crippen molar-refractivity contribution in [2.45, 2.75) is 51.2 Å². The van der Waals surface area contributed by atoms with Crippen molar-refractivity contribution in [1.29, 1.82) is 0 Å². The highest BCUT2D eigenvalue weighted by molar-refractivity contribution is 9.11. The van der Waals surface area contributed by atoms with Gasteiger partial charge in [-0.1, -0.05) is 44.8 Å². The average molecular weight is 405 g/mol. The predicted octanol–water partition coefficient (Wildman–Crippen LogP) is 5.21. The van der Waals surface area contributed by atoms with Gasteiger partial charge in [0, 0.05) is 21.6 Å². The normalized spacial score (nSPS) is 20.2. The SMILES string of the molecule is CCNC(CCCC1CCCO1)c1ccc(Br)cc1Br. The van der Waals surface area contributed by atoms with Crippen molar-refractivity contribution in [3.8, 4) is 0 Å². The molecule has 1 aliphatic rings. The Balaban J connectivity index is 1.91. The van der Waals surface area contributed by atoms with Crippen molar-refractivity contribution in [2.24, 2.45) is 0 Å². The largest absolute Gasteiger partial charge is 0.378 e. The predicted molar refractivity (Wildman–Crippen MR) is 91.1 cm³/mol. The van der Waals surface area contributed by atoms with Crippen LogP contribution >= 0.6 is 31.9 Å². The van der Waals surface area contributed by atoms with Gasteiger partial charge in [0.05, 0.1) is 6.10 Å². The molecule has 1 aromatic rings. The fourth-order valence-corrected chi connectivity index (χ4v) is 4.14. The molecule has 2 atom stereocenters. The first-order valence-corrected chi connectivity index (χ1v) is 9.09. The van der Waals surface area contributed by atoms with Crippen molar-refractivity contribution in [2.75, 3.05) is 13.2 Å². The lowest BCUT2D eigenvalue weighted by atomic mass is 9.99. The van der Waals surface area contributed by atoms with E-state index in [1.54, 1.807) is 0 Å². The van der Waals surface area contributed by atoms with E-state index in [9.17, 15) is 0 Å². The van der Waals surface area contributed by atoms with Crippen LogP contribution in [0.1, 0.15) is 50.6 Å². The molecule has 4 heteroatoms. The van der Waals surface area contributed by atoms with Crippen LogP contribution in [0.4, 0.5) is 0 Å². The lowest BCUT2D eigenvalue weighted by Gasteiger charge is -2.20. The van der Waals surface area contributed by atoms with Crippen molar-refractivity contribution in [1.82, 2.24) is 5.32 Å². The van der Waals surface area contributed by atoms with Crippen LogP contribution in [0, 0.1) is 0 Å². The summed E-state index contributed by atoms with van der Waals surface area (Å²) in [5.74, 6) is 0. The number of rotatable bonds is 7. The zero-order valence-electron chi connectivity index (χ0n) is 12.0. The van der Waals surface area contributed by atoms with Gasteiger partial charge in [0.1, 0.15) is 0 Å². The summed E-state index contributed by atoms with van der Waals surface area (Å²) in [5.41, 5.74) is 1.35. The molecule has 0 aliphatic carbocycles. The molecule has 0 aromatic heterocycles. The second kappa shape index (κ2) is 8.52. The molecule has 1 aliphatic heterocycles. The molecule has 112 valence electrons. The number of hydrogen-bond donors (Lipinski definition) is 1. The van der Waals surface area contributed by atoms with E-state index in [1.807, 2.05) is 0 Å². The average Bonchev–Trinajstić information content (AvgIpc) is 2.91. The summed E-state index contributed by atoms with van der Waals surface area (Å²) in [5, 5.41) is 3.60. The minimum absolute atomic E-state index is 0.420. The van der Waals surface area contributed by atoms with Crippen LogP contribution < -0.4 is 5.32 Å². The van der Waals surface area contributed by atoms with Gasteiger partial charge in [0.2, 0.25) is 0 Å². The molecule has 0 bridgehead atoms. The maximum atomic E-state index is 5.70. The molecule has 2 rings (SSSR count). The summed E-state index contributed by atoms with van der Waals surface area (Å²) in [6.07, 6.45) is 6.55. The van der Waals surface area contributed by atoms with E-state index in [0.29, 0.717) is 12.1 Å². The minimum Gasteiger partial charge on any atom is -0.378 e. The van der Waals surface area contributed by atoms with Gasteiger partial charge in [0.25, 0.3) is 0 Å². The van der Waals surface area contributed by atoms with E-state index < -0.39 is 0 Å². The lowest BCUT2D eigenvalue weighted by molar-refractivity contribution is 0.101. The van der Waals surface area contributed by atoms with Crippen LogP contribution in [-0.4, -0.2) is 19.3 Å². The van der Waals surface area contributed by atoms with Crippen molar-refractivity contribution in [3.63, 3.8) is 0 Å². The zero-order chi connectivity index (χ0) is 14.4. The summed E-state index contributed by atoms with van der Waals surface area (Å²) in [4.78, 5) is 0. The van der Waals surface area contributed by atoms with Crippen molar-refractivity contribution in [3.05, 3.63) is 32.7 Å². The third kappa shape index (κ3) is 4.83. The first-order valence-electron chi connectivity index (χ1n) is 7.50. The lowest BCUT2D eigenvalue weighted by Crippen LogP contribution is -2.21. The molecule has 1 N–H and O–H groups in total. The molecule has 1 aromatic carbocycles. The monoisotopic (exact) mass is 403 g/mol. The maximum absolute atomic E-state index is 5.70. The quantitative estimate of drug-likeness (QED) is 0.673. The van der Waals surface area contributed by atoms with Crippen LogP contribution in [0.5, 0.6) is 0 Å².